The Labute approximate surface area is 89.7 Å². The summed E-state index contributed by atoms with van der Waals surface area (Å²) >= 11 is 0. The van der Waals surface area contributed by atoms with Crippen molar-refractivity contribution in [2.24, 2.45) is 0 Å². The van der Waals surface area contributed by atoms with E-state index in [0.29, 0.717) is 19.8 Å². The van der Waals surface area contributed by atoms with Crippen molar-refractivity contribution >= 4 is 0 Å². The molecule has 1 aromatic rings. The molecule has 0 saturated heterocycles. The van der Waals surface area contributed by atoms with E-state index >= 15 is 0 Å². The fraction of sp³-hybridized carbons (Fsp3) is 0.700. The van der Waals surface area contributed by atoms with Crippen LogP contribution in [0.3, 0.4) is 0 Å². The maximum atomic E-state index is 5.38. The van der Waals surface area contributed by atoms with Gasteiger partial charge >= 0.3 is 0 Å². The average Bonchev–Trinajstić information content (AvgIpc) is 2.66. The zero-order valence-corrected chi connectivity index (χ0v) is 9.28. The van der Waals surface area contributed by atoms with Gasteiger partial charge in [-0.1, -0.05) is 5.16 Å². The van der Waals surface area contributed by atoms with Gasteiger partial charge in [-0.3, -0.25) is 0 Å². The number of nitrogens with zero attached hydrogens (tertiary/aromatic N) is 1. The lowest BCUT2D eigenvalue weighted by Crippen LogP contribution is -2.04. The topological polar surface area (TPSA) is 56.5 Å². The first-order valence-electron chi connectivity index (χ1n) is 5.02. The van der Waals surface area contributed by atoms with Crippen LogP contribution in [0.5, 0.6) is 0 Å². The highest BCUT2D eigenvalue weighted by atomic mass is 16.5. The molecule has 5 nitrogen and oxygen atoms in total. The SMILES string of the molecule is CNCc1cc(COCCCOC)on1. The minimum absolute atomic E-state index is 0.473. The molecular weight excluding hydrogens is 196 g/mol. The molecule has 1 heterocycles. The van der Waals surface area contributed by atoms with Crippen LogP contribution in [-0.4, -0.2) is 32.5 Å². The van der Waals surface area contributed by atoms with Crippen LogP contribution in [0.15, 0.2) is 10.6 Å². The maximum absolute atomic E-state index is 5.38. The van der Waals surface area contributed by atoms with Crippen LogP contribution in [0.1, 0.15) is 17.9 Å². The Bertz CT molecular complexity index is 263. The molecule has 1 N–H and O–H groups in total. The lowest BCUT2D eigenvalue weighted by molar-refractivity contribution is 0.0794. The third kappa shape index (κ3) is 4.92. The molecule has 0 spiro atoms. The average molecular weight is 214 g/mol. The van der Waals surface area contributed by atoms with Crippen molar-refractivity contribution in [1.82, 2.24) is 10.5 Å². The van der Waals surface area contributed by atoms with E-state index in [4.69, 9.17) is 14.0 Å². The van der Waals surface area contributed by atoms with E-state index in [-0.39, 0.29) is 0 Å². The van der Waals surface area contributed by atoms with E-state index in [1.165, 1.54) is 0 Å². The number of hydrogen-bond acceptors (Lipinski definition) is 5. The van der Waals surface area contributed by atoms with Crippen molar-refractivity contribution in [3.8, 4) is 0 Å². The van der Waals surface area contributed by atoms with Crippen molar-refractivity contribution in [1.29, 1.82) is 0 Å². The third-order valence-electron chi connectivity index (χ3n) is 1.85. The van der Waals surface area contributed by atoms with Gasteiger partial charge in [0, 0.05) is 32.9 Å². The standard InChI is InChI=1S/C10H18N2O3/c1-11-7-9-6-10(15-12-9)8-14-5-3-4-13-2/h6,11H,3-5,7-8H2,1-2H3. The molecule has 0 unspecified atom stereocenters. The molecule has 1 aromatic heterocycles. The number of hydrogen-bond donors (Lipinski definition) is 1. The van der Waals surface area contributed by atoms with Crippen molar-refractivity contribution < 1.29 is 14.0 Å². The molecule has 0 saturated carbocycles. The number of ether oxygens (including phenoxy) is 2. The van der Waals surface area contributed by atoms with Gasteiger partial charge in [0.2, 0.25) is 0 Å². The van der Waals surface area contributed by atoms with Gasteiger partial charge in [-0.15, -0.1) is 0 Å². The first-order valence-corrected chi connectivity index (χ1v) is 5.02. The summed E-state index contributed by atoms with van der Waals surface area (Å²) in [5.74, 6) is 0.762. The second-order valence-electron chi connectivity index (χ2n) is 3.21. The minimum atomic E-state index is 0.473. The van der Waals surface area contributed by atoms with Crippen LogP contribution in [0.4, 0.5) is 0 Å². The molecule has 0 atom stereocenters. The van der Waals surface area contributed by atoms with E-state index in [2.05, 4.69) is 10.5 Å². The Morgan fingerprint density at radius 2 is 2.33 bits per heavy atom. The largest absolute Gasteiger partial charge is 0.385 e. The number of aromatic nitrogens is 1. The zero-order valence-electron chi connectivity index (χ0n) is 9.28. The second-order valence-corrected chi connectivity index (χ2v) is 3.21. The molecule has 0 radical (unpaired) electrons. The van der Waals surface area contributed by atoms with E-state index in [9.17, 15) is 0 Å². The summed E-state index contributed by atoms with van der Waals surface area (Å²) in [5, 5.41) is 6.88. The van der Waals surface area contributed by atoms with Gasteiger partial charge in [-0.05, 0) is 13.5 Å². The van der Waals surface area contributed by atoms with Crippen LogP contribution in [-0.2, 0) is 22.6 Å². The van der Waals surface area contributed by atoms with E-state index in [1.54, 1.807) is 7.11 Å². The third-order valence-corrected chi connectivity index (χ3v) is 1.85. The van der Waals surface area contributed by atoms with Crippen molar-refractivity contribution in [3.05, 3.63) is 17.5 Å². The molecule has 0 aliphatic carbocycles. The highest BCUT2D eigenvalue weighted by Gasteiger charge is 2.02. The molecule has 1 rings (SSSR count). The summed E-state index contributed by atoms with van der Waals surface area (Å²) in [6.45, 7) is 2.59. The number of methoxy groups -OCH3 is 1. The van der Waals surface area contributed by atoms with Crippen molar-refractivity contribution in [3.63, 3.8) is 0 Å². The quantitative estimate of drug-likeness (QED) is 0.653. The van der Waals surface area contributed by atoms with Crippen LogP contribution in [0, 0.1) is 0 Å². The Hall–Kier alpha value is -0.910. The van der Waals surface area contributed by atoms with Crippen LogP contribution >= 0.6 is 0 Å². The summed E-state index contributed by atoms with van der Waals surface area (Å²) in [6.07, 6.45) is 0.897. The molecule has 15 heavy (non-hydrogen) atoms. The van der Waals surface area contributed by atoms with Crippen molar-refractivity contribution in [2.75, 3.05) is 27.4 Å². The molecule has 0 bridgehead atoms. The molecule has 0 aliphatic rings. The van der Waals surface area contributed by atoms with Gasteiger partial charge in [0.25, 0.3) is 0 Å². The molecule has 0 aromatic carbocycles. The first kappa shape index (κ1) is 12.2. The highest BCUT2D eigenvalue weighted by molar-refractivity contribution is 5.03. The van der Waals surface area contributed by atoms with Gasteiger partial charge < -0.3 is 19.3 Å². The number of nitrogens with one attached hydrogen (secondary N) is 1. The zero-order chi connectivity index (χ0) is 10.9. The Morgan fingerprint density at radius 1 is 1.47 bits per heavy atom. The van der Waals surface area contributed by atoms with E-state index < -0.39 is 0 Å². The van der Waals surface area contributed by atoms with Crippen LogP contribution in [0.25, 0.3) is 0 Å². The summed E-state index contributed by atoms with van der Waals surface area (Å²) < 4.78 is 15.4. The fourth-order valence-corrected chi connectivity index (χ4v) is 1.17. The Kier molecular flexibility index (Phi) is 5.99. The van der Waals surface area contributed by atoms with Crippen LogP contribution < -0.4 is 5.32 Å². The summed E-state index contributed by atoms with van der Waals surface area (Å²) in [6, 6.07) is 1.90. The van der Waals surface area contributed by atoms with Gasteiger partial charge in [0.15, 0.2) is 5.76 Å². The molecular formula is C10H18N2O3. The lowest BCUT2D eigenvalue weighted by atomic mass is 10.4. The Morgan fingerprint density at radius 3 is 3.07 bits per heavy atom. The van der Waals surface area contributed by atoms with Gasteiger partial charge in [-0.2, -0.15) is 0 Å². The minimum Gasteiger partial charge on any atom is -0.385 e. The smallest absolute Gasteiger partial charge is 0.162 e. The summed E-state index contributed by atoms with van der Waals surface area (Å²) in [4.78, 5) is 0. The van der Waals surface area contributed by atoms with E-state index in [0.717, 1.165) is 24.5 Å². The van der Waals surface area contributed by atoms with E-state index in [1.807, 2.05) is 13.1 Å². The summed E-state index contributed by atoms with van der Waals surface area (Å²) in [5.41, 5.74) is 0.896. The lowest BCUT2D eigenvalue weighted by Gasteiger charge is -2.00. The molecule has 0 amide bonds. The van der Waals surface area contributed by atoms with Crippen LogP contribution in [0.2, 0.25) is 0 Å². The van der Waals surface area contributed by atoms with Gasteiger partial charge in [-0.25, -0.2) is 0 Å². The monoisotopic (exact) mass is 214 g/mol. The van der Waals surface area contributed by atoms with Crippen molar-refractivity contribution in [2.45, 2.75) is 19.6 Å². The maximum Gasteiger partial charge on any atom is 0.162 e. The first-order chi connectivity index (χ1) is 7.36. The fourth-order valence-electron chi connectivity index (χ4n) is 1.17. The second kappa shape index (κ2) is 7.39. The Balaban J connectivity index is 2.14. The number of rotatable bonds is 8. The predicted molar refractivity (Wildman–Crippen MR) is 55.4 cm³/mol. The highest BCUT2D eigenvalue weighted by Crippen LogP contribution is 2.04. The molecule has 0 fully saturated rings. The molecule has 5 heteroatoms. The molecule has 86 valence electrons. The normalized spacial score (nSPS) is 10.8. The van der Waals surface area contributed by atoms with Gasteiger partial charge in [0.05, 0.1) is 5.69 Å². The molecule has 0 aliphatic heterocycles. The van der Waals surface area contributed by atoms with Gasteiger partial charge in [0.1, 0.15) is 6.61 Å². The summed E-state index contributed by atoms with van der Waals surface area (Å²) in [7, 11) is 3.55. The predicted octanol–water partition coefficient (Wildman–Crippen LogP) is 0.947.